The average molecular weight is 338 g/mol. The number of hydrogen-bond donors (Lipinski definition) is 1. The van der Waals surface area contributed by atoms with Crippen LogP contribution in [0.25, 0.3) is 11.3 Å². The van der Waals surface area contributed by atoms with Crippen LogP contribution in [-0.2, 0) is 13.0 Å². The smallest absolute Gasteiger partial charge is 0.125 e. The third kappa shape index (κ3) is 3.83. The van der Waals surface area contributed by atoms with Crippen LogP contribution < -0.4 is 10.5 Å². The number of ether oxygens (including phenoxy) is 1. The summed E-state index contributed by atoms with van der Waals surface area (Å²) in [6.45, 7) is 5.39. The lowest BCUT2D eigenvalue weighted by molar-refractivity contribution is 0.302. The third-order valence-corrected chi connectivity index (χ3v) is 4.80. The first kappa shape index (κ1) is 16.7. The molecule has 3 aromatic rings. The van der Waals surface area contributed by atoms with E-state index in [9.17, 15) is 0 Å². The Morgan fingerprint density at radius 3 is 2.46 bits per heavy atom. The van der Waals surface area contributed by atoms with Crippen molar-refractivity contribution in [2.75, 3.05) is 6.54 Å². The summed E-state index contributed by atoms with van der Waals surface area (Å²) in [6, 6.07) is 14.5. The molecule has 0 aliphatic heterocycles. The summed E-state index contributed by atoms with van der Waals surface area (Å²) < 4.78 is 6.05. The third-order valence-electron chi connectivity index (χ3n) is 3.89. The Balaban J connectivity index is 1.80. The van der Waals surface area contributed by atoms with Crippen molar-refractivity contribution in [2.24, 2.45) is 5.73 Å². The average Bonchev–Trinajstić information content (AvgIpc) is 3.04. The molecule has 0 fully saturated rings. The van der Waals surface area contributed by atoms with Crippen molar-refractivity contribution < 1.29 is 4.74 Å². The summed E-state index contributed by atoms with van der Waals surface area (Å²) in [4.78, 5) is 4.67. The lowest BCUT2D eigenvalue weighted by atomic mass is 10.0. The summed E-state index contributed by atoms with van der Waals surface area (Å²) in [7, 11) is 0. The minimum atomic E-state index is 0.583. The van der Waals surface area contributed by atoms with Gasteiger partial charge in [-0.3, -0.25) is 0 Å². The molecule has 1 heterocycles. The topological polar surface area (TPSA) is 48.1 Å². The minimum absolute atomic E-state index is 0.583. The Morgan fingerprint density at radius 1 is 1.08 bits per heavy atom. The predicted octanol–water partition coefficient (Wildman–Crippen LogP) is 4.51. The first-order chi connectivity index (χ1) is 11.7. The first-order valence-electron chi connectivity index (χ1n) is 8.10. The van der Waals surface area contributed by atoms with Gasteiger partial charge in [0.2, 0.25) is 0 Å². The Hall–Kier alpha value is -2.17. The van der Waals surface area contributed by atoms with Gasteiger partial charge in [-0.15, -0.1) is 11.3 Å². The molecule has 0 bridgehead atoms. The summed E-state index contributed by atoms with van der Waals surface area (Å²) in [5, 5.41) is 3.19. The fraction of sp³-hybridized carbons (Fsp3) is 0.250. The van der Waals surface area contributed by atoms with Gasteiger partial charge in [-0.05, 0) is 49.2 Å². The highest BCUT2D eigenvalue weighted by Gasteiger charge is 2.10. The number of hydrogen-bond acceptors (Lipinski definition) is 4. The maximum absolute atomic E-state index is 6.05. The summed E-state index contributed by atoms with van der Waals surface area (Å²) in [5.41, 5.74) is 11.2. The van der Waals surface area contributed by atoms with Gasteiger partial charge < -0.3 is 10.5 Å². The highest BCUT2D eigenvalue weighted by Crippen LogP contribution is 2.31. The molecule has 3 rings (SSSR count). The molecular weight excluding hydrogens is 316 g/mol. The normalized spacial score (nSPS) is 10.8. The lowest BCUT2D eigenvalue weighted by Gasteiger charge is -2.13. The van der Waals surface area contributed by atoms with Crippen molar-refractivity contribution >= 4 is 11.3 Å². The van der Waals surface area contributed by atoms with Gasteiger partial charge in [-0.1, -0.05) is 30.3 Å². The van der Waals surface area contributed by atoms with Crippen molar-refractivity contribution in [1.82, 2.24) is 4.98 Å². The standard InChI is InChI=1S/C20H22N2OS/c1-14-10-17(18-13-24-19(22-18)8-9-21)11-15(2)20(14)23-12-16-6-4-3-5-7-16/h3-7,10-11,13H,8-9,12,21H2,1-2H3. The van der Waals surface area contributed by atoms with Crippen molar-refractivity contribution in [3.05, 3.63) is 69.5 Å². The minimum Gasteiger partial charge on any atom is -0.488 e. The van der Waals surface area contributed by atoms with E-state index in [1.54, 1.807) is 11.3 Å². The number of nitrogens with zero attached hydrogens (tertiary/aromatic N) is 1. The molecule has 24 heavy (non-hydrogen) atoms. The summed E-state index contributed by atoms with van der Waals surface area (Å²) >= 11 is 1.67. The fourth-order valence-corrected chi connectivity index (χ4v) is 3.56. The van der Waals surface area contributed by atoms with Gasteiger partial charge in [0.05, 0.1) is 10.7 Å². The van der Waals surface area contributed by atoms with Gasteiger partial charge in [0.1, 0.15) is 12.4 Å². The van der Waals surface area contributed by atoms with Crippen molar-refractivity contribution in [1.29, 1.82) is 0 Å². The number of rotatable bonds is 6. The van der Waals surface area contributed by atoms with E-state index < -0.39 is 0 Å². The number of aromatic nitrogens is 1. The molecule has 4 heteroatoms. The molecule has 0 saturated carbocycles. The molecule has 0 aliphatic rings. The molecule has 0 aliphatic carbocycles. The lowest BCUT2D eigenvalue weighted by Crippen LogP contribution is -2.02. The monoisotopic (exact) mass is 338 g/mol. The Kier molecular flexibility index (Phi) is 5.28. The largest absolute Gasteiger partial charge is 0.488 e. The van der Waals surface area contributed by atoms with Crippen LogP contribution in [0.1, 0.15) is 21.7 Å². The SMILES string of the molecule is Cc1cc(-c2csc(CCN)n2)cc(C)c1OCc1ccccc1. The van der Waals surface area contributed by atoms with Gasteiger partial charge >= 0.3 is 0 Å². The molecule has 0 spiro atoms. The van der Waals surface area contributed by atoms with Crippen LogP contribution in [0.2, 0.25) is 0 Å². The maximum atomic E-state index is 6.05. The summed E-state index contributed by atoms with van der Waals surface area (Å²) in [6.07, 6.45) is 0.834. The molecule has 2 N–H and O–H groups in total. The molecule has 124 valence electrons. The van der Waals surface area contributed by atoms with E-state index >= 15 is 0 Å². The van der Waals surface area contributed by atoms with Crippen LogP contribution in [0.4, 0.5) is 0 Å². The maximum Gasteiger partial charge on any atom is 0.125 e. The van der Waals surface area contributed by atoms with Crippen LogP contribution in [0.3, 0.4) is 0 Å². The predicted molar refractivity (Wildman–Crippen MR) is 101 cm³/mol. The number of benzene rings is 2. The Bertz CT molecular complexity index is 789. The van der Waals surface area contributed by atoms with Gasteiger partial charge in [-0.25, -0.2) is 4.98 Å². The van der Waals surface area contributed by atoms with E-state index in [0.29, 0.717) is 13.2 Å². The second-order valence-corrected chi connectivity index (χ2v) is 6.82. The van der Waals surface area contributed by atoms with Crippen LogP contribution in [0.5, 0.6) is 5.75 Å². The van der Waals surface area contributed by atoms with E-state index in [4.69, 9.17) is 10.5 Å². The van der Waals surface area contributed by atoms with Crippen LogP contribution in [0.15, 0.2) is 47.8 Å². The van der Waals surface area contributed by atoms with E-state index in [0.717, 1.165) is 39.6 Å². The van der Waals surface area contributed by atoms with Gasteiger partial charge in [0.15, 0.2) is 0 Å². The van der Waals surface area contributed by atoms with Crippen LogP contribution in [0, 0.1) is 13.8 Å². The molecule has 3 nitrogen and oxygen atoms in total. The zero-order chi connectivity index (χ0) is 16.9. The van der Waals surface area contributed by atoms with Gasteiger partial charge in [0, 0.05) is 17.4 Å². The fourth-order valence-electron chi connectivity index (χ4n) is 2.74. The van der Waals surface area contributed by atoms with Crippen molar-refractivity contribution in [2.45, 2.75) is 26.9 Å². The van der Waals surface area contributed by atoms with Gasteiger partial charge in [0.25, 0.3) is 0 Å². The van der Waals surface area contributed by atoms with E-state index in [2.05, 4.69) is 48.5 Å². The highest BCUT2D eigenvalue weighted by molar-refractivity contribution is 7.09. The molecule has 0 amide bonds. The van der Waals surface area contributed by atoms with Crippen molar-refractivity contribution in [3.8, 4) is 17.0 Å². The van der Waals surface area contributed by atoms with E-state index in [-0.39, 0.29) is 0 Å². The van der Waals surface area contributed by atoms with Gasteiger partial charge in [-0.2, -0.15) is 0 Å². The molecular formula is C20H22N2OS. The van der Waals surface area contributed by atoms with E-state index in [1.807, 2.05) is 18.2 Å². The number of thiazole rings is 1. The molecule has 0 unspecified atom stereocenters. The molecule has 1 aromatic heterocycles. The highest BCUT2D eigenvalue weighted by atomic mass is 32.1. The first-order valence-corrected chi connectivity index (χ1v) is 8.98. The molecule has 0 atom stereocenters. The number of nitrogens with two attached hydrogens (primary N) is 1. The van der Waals surface area contributed by atoms with Crippen molar-refractivity contribution in [3.63, 3.8) is 0 Å². The molecule has 0 saturated heterocycles. The zero-order valence-electron chi connectivity index (χ0n) is 14.1. The van der Waals surface area contributed by atoms with E-state index in [1.165, 1.54) is 5.56 Å². The van der Waals surface area contributed by atoms with Crippen LogP contribution >= 0.6 is 11.3 Å². The second kappa shape index (κ2) is 7.60. The number of aryl methyl sites for hydroxylation is 2. The second-order valence-electron chi connectivity index (χ2n) is 5.88. The Labute approximate surface area is 147 Å². The Morgan fingerprint density at radius 2 is 1.79 bits per heavy atom. The molecule has 0 radical (unpaired) electrons. The molecule has 2 aromatic carbocycles. The summed E-state index contributed by atoms with van der Waals surface area (Å²) in [5.74, 6) is 0.958. The quantitative estimate of drug-likeness (QED) is 0.719. The van der Waals surface area contributed by atoms with Crippen LogP contribution in [-0.4, -0.2) is 11.5 Å². The zero-order valence-corrected chi connectivity index (χ0v) is 14.9.